The van der Waals surface area contributed by atoms with Crippen LogP contribution in [0.4, 0.5) is 10.5 Å². The number of anilines is 1. The van der Waals surface area contributed by atoms with Crippen LogP contribution in [0, 0.1) is 6.92 Å². The quantitative estimate of drug-likeness (QED) is 0.760. The molecule has 1 rings (SSSR count). The molecule has 2 amide bonds. The number of aromatic nitrogens is 2. The van der Waals surface area contributed by atoms with Gasteiger partial charge in [-0.3, -0.25) is 9.48 Å². The van der Waals surface area contributed by atoms with Crippen LogP contribution in [0.2, 0.25) is 0 Å². The van der Waals surface area contributed by atoms with E-state index in [4.69, 9.17) is 5.11 Å². The van der Waals surface area contributed by atoms with Gasteiger partial charge in [0.15, 0.2) is 0 Å². The third-order valence-electron chi connectivity index (χ3n) is 2.22. The molecule has 7 heteroatoms. The highest BCUT2D eigenvalue weighted by atomic mass is 16.4. The van der Waals surface area contributed by atoms with Gasteiger partial charge in [0.25, 0.3) is 0 Å². The third-order valence-corrected chi connectivity index (χ3v) is 2.22. The molecule has 0 fully saturated rings. The molecule has 1 heterocycles. The summed E-state index contributed by atoms with van der Waals surface area (Å²) < 4.78 is 1.57. The largest absolute Gasteiger partial charge is 0.480 e. The zero-order valence-corrected chi connectivity index (χ0v) is 10.4. The number of carboxylic acids is 1. The molecule has 1 aromatic rings. The zero-order chi connectivity index (χ0) is 13.7. The number of carbonyl (C=O) groups excluding carboxylic acids is 1. The Bertz CT molecular complexity index is 467. The number of amides is 2. The molecule has 0 bridgehead atoms. The highest BCUT2D eigenvalue weighted by Gasteiger charge is 2.16. The highest BCUT2D eigenvalue weighted by Crippen LogP contribution is 2.12. The van der Waals surface area contributed by atoms with Gasteiger partial charge in [-0.2, -0.15) is 5.10 Å². The van der Waals surface area contributed by atoms with Gasteiger partial charge in [0.1, 0.15) is 6.54 Å². The maximum atomic E-state index is 11.9. The molecule has 0 aliphatic rings. The van der Waals surface area contributed by atoms with Crippen LogP contribution in [0.1, 0.15) is 5.69 Å². The van der Waals surface area contributed by atoms with Gasteiger partial charge in [-0.15, -0.1) is 6.58 Å². The molecule has 0 spiro atoms. The molecule has 0 aliphatic heterocycles. The number of urea groups is 1. The van der Waals surface area contributed by atoms with Crippen molar-refractivity contribution in [3.8, 4) is 0 Å². The van der Waals surface area contributed by atoms with Gasteiger partial charge in [-0.1, -0.05) is 6.08 Å². The Kier molecular flexibility index (Phi) is 4.47. The maximum absolute atomic E-state index is 11.9. The maximum Gasteiger partial charge on any atom is 0.323 e. The Balaban J connectivity index is 2.74. The lowest BCUT2D eigenvalue weighted by molar-refractivity contribution is -0.137. The number of aliphatic carboxylic acids is 1. The first-order valence-electron chi connectivity index (χ1n) is 5.33. The van der Waals surface area contributed by atoms with Crippen LogP contribution in [0.5, 0.6) is 0 Å². The molecule has 0 aromatic carbocycles. The number of hydrogen-bond acceptors (Lipinski definition) is 3. The Labute approximate surface area is 105 Å². The molecule has 98 valence electrons. The third kappa shape index (κ3) is 3.62. The van der Waals surface area contributed by atoms with Crippen molar-refractivity contribution in [2.24, 2.45) is 7.05 Å². The zero-order valence-electron chi connectivity index (χ0n) is 10.4. The fraction of sp³-hybridized carbons (Fsp3) is 0.364. The number of hydrogen-bond donors (Lipinski definition) is 2. The number of carboxylic acid groups (broad SMARTS) is 1. The molecule has 0 saturated carbocycles. The predicted molar refractivity (Wildman–Crippen MR) is 66.4 cm³/mol. The summed E-state index contributed by atoms with van der Waals surface area (Å²) in [4.78, 5) is 23.6. The predicted octanol–water partition coefficient (Wildman–Crippen LogP) is 0.833. The Morgan fingerprint density at radius 1 is 1.67 bits per heavy atom. The lowest BCUT2D eigenvalue weighted by Crippen LogP contribution is -2.38. The number of carbonyl (C=O) groups is 2. The van der Waals surface area contributed by atoms with E-state index in [2.05, 4.69) is 17.0 Å². The minimum absolute atomic E-state index is 0.164. The standard InChI is InChI=1S/C11H16N4O3/c1-4-5-15(7-10(16)17)11(18)12-9-6-14(3)13-8(9)2/h4,6H,1,5,7H2,2-3H3,(H,12,18)(H,16,17). The van der Waals surface area contributed by atoms with Crippen molar-refractivity contribution in [3.05, 3.63) is 24.5 Å². The number of nitrogens with one attached hydrogen (secondary N) is 1. The van der Waals surface area contributed by atoms with E-state index in [0.717, 1.165) is 4.90 Å². The van der Waals surface area contributed by atoms with Crippen LogP contribution < -0.4 is 5.32 Å². The second-order valence-electron chi connectivity index (χ2n) is 3.79. The second kappa shape index (κ2) is 5.85. The number of nitrogens with zero attached hydrogens (tertiary/aromatic N) is 3. The van der Waals surface area contributed by atoms with Gasteiger partial charge in [0, 0.05) is 19.8 Å². The van der Waals surface area contributed by atoms with Crippen molar-refractivity contribution in [3.63, 3.8) is 0 Å². The summed E-state index contributed by atoms with van der Waals surface area (Å²) in [5.74, 6) is -1.07. The normalized spacial score (nSPS) is 9.89. The van der Waals surface area contributed by atoms with E-state index in [-0.39, 0.29) is 13.1 Å². The first-order chi connectivity index (χ1) is 8.43. The summed E-state index contributed by atoms with van der Waals surface area (Å²) in [5.41, 5.74) is 1.22. The van der Waals surface area contributed by atoms with E-state index >= 15 is 0 Å². The topological polar surface area (TPSA) is 87.5 Å². The fourth-order valence-electron chi connectivity index (χ4n) is 1.45. The first kappa shape index (κ1) is 13.8. The summed E-state index contributed by atoms with van der Waals surface area (Å²) in [6.45, 7) is 5.03. The molecule has 0 atom stereocenters. The van der Waals surface area contributed by atoms with E-state index in [1.807, 2.05) is 0 Å². The first-order valence-corrected chi connectivity index (χ1v) is 5.33. The smallest absolute Gasteiger partial charge is 0.323 e. The molecule has 1 aromatic heterocycles. The van der Waals surface area contributed by atoms with E-state index in [1.54, 1.807) is 24.9 Å². The molecule has 18 heavy (non-hydrogen) atoms. The Morgan fingerprint density at radius 3 is 2.78 bits per heavy atom. The average molecular weight is 252 g/mol. The van der Waals surface area contributed by atoms with E-state index in [9.17, 15) is 9.59 Å². The van der Waals surface area contributed by atoms with Crippen LogP contribution >= 0.6 is 0 Å². The molecule has 0 aliphatic carbocycles. The van der Waals surface area contributed by atoms with Gasteiger partial charge in [-0.05, 0) is 6.92 Å². The monoisotopic (exact) mass is 252 g/mol. The Hall–Kier alpha value is -2.31. The van der Waals surface area contributed by atoms with Crippen molar-refractivity contribution >= 4 is 17.7 Å². The molecule has 7 nitrogen and oxygen atoms in total. The minimum Gasteiger partial charge on any atom is -0.480 e. The minimum atomic E-state index is -1.07. The molecular formula is C11H16N4O3. The summed E-state index contributed by atoms with van der Waals surface area (Å²) in [5, 5.41) is 15.4. The van der Waals surface area contributed by atoms with Crippen molar-refractivity contribution in [1.82, 2.24) is 14.7 Å². The van der Waals surface area contributed by atoms with Crippen molar-refractivity contribution < 1.29 is 14.7 Å². The van der Waals surface area contributed by atoms with Crippen LogP contribution in [0.3, 0.4) is 0 Å². The van der Waals surface area contributed by atoms with Gasteiger partial charge >= 0.3 is 12.0 Å². The van der Waals surface area contributed by atoms with Gasteiger partial charge in [-0.25, -0.2) is 4.79 Å². The Morgan fingerprint density at radius 2 is 2.33 bits per heavy atom. The lowest BCUT2D eigenvalue weighted by atomic mass is 10.4. The van der Waals surface area contributed by atoms with Crippen LogP contribution in [-0.2, 0) is 11.8 Å². The summed E-state index contributed by atoms with van der Waals surface area (Å²) in [6.07, 6.45) is 3.12. The summed E-state index contributed by atoms with van der Waals surface area (Å²) in [7, 11) is 1.74. The fourth-order valence-corrected chi connectivity index (χ4v) is 1.45. The number of rotatable bonds is 5. The highest BCUT2D eigenvalue weighted by molar-refractivity contribution is 5.91. The molecule has 0 unspecified atom stereocenters. The van der Waals surface area contributed by atoms with E-state index in [1.165, 1.54) is 6.08 Å². The summed E-state index contributed by atoms with van der Waals surface area (Å²) >= 11 is 0. The van der Waals surface area contributed by atoms with E-state index in [0.29, 0.717) is 11.4 Å². The lowest BCUT2D eigenvalue weighted by Gasteiger charge is -2.19. The van der Waals surface area contributed by atoms with Gasteiger partial charge in [0.2, 0.25) is 0 Å². The molecule has 0 saturated heterocycles. The van der Waals surface area contributed by atoms with Crippen molar-refractivity contribution in [2.75, 3.05) is 18.4 Å². The van der Waals surface area contributed by atoms with Crippen LogP contribution in [0.25, 0.3) is 0 Å². The van der Waals surface area contributed by atoms with E-state index < -0.39 is 12.0 Å². The average Bonchev–Trinajstić information content (AvgIpc) is 2.56. The SMILES string of the molecule is C=CCN(CC(=O)O)C(=O)Nc1cn(C)nc1C. The van der Waals surface area contributed by atoms with Gasteiger partial charge < -0.3 is 15.3 Å². The van der Waals surface area contributed by atoms with Crippen molar-refractivity contribution in [1.29, 1.82) is 0 Å². The van der Waals surface area contributed by atoms with Crippen LogP contribution in [0.15, 0.2) is 18.9 Å². The number of aryl methyl sites for hydroxylation is 2. The molecular weight excluding hydrogens is 236 g/mol. The molecule has 0 radical (unpaired) electrons. The van der Waals surface area contributed by atoms with Crippen molar-refractivity contribution in [2.45, 2.75) is 6.92 Å². The van der Waals surface area contributed by atoms with Crippen LogP contribution in [-0.4, -0.2) is 44.9 Å². The second-order valence-corrected chi connectivity index (χ2v) is 3.79. The van der Waals surface area contributed by atoms with Gasteiger partial charge in [0.05, 0.1) is 11.4 Å². The summed E-state index contributed by atoms with van der Waals surface area (Å²) in [6, 6.07) is -0.492. The molecule has 2 N–H and O–H groups in total.